The summed E-state index contributed by atoms with van der Waals surface area (Å²) < 4.78 is 0. The Balaban J connectivity index is 2.31. The van der Waals surface area contributed by atoms with E-state index >= 15 is 0 Å². The Labute approximate surface area is 119 Å². The van der Waals surface area contributed by atoms with Gasteiger partial charge in [0.1, 0.15) is 0 Å². The van der Waals surface area contributed by atoms with Gasteiger partial charge in [-0.15, -0.1) is 11.6 Å². The molecule has 2 aromatic carbocycles. The third kappa shape index (κ3) is 3.79. The fraction of sp³-hybridized carbons (Fsp3) is 0.133. The lowest BCUT2D eigenvalue weighted by Gasteiger charge is -2.17. The first-order valence-corrected chi connectivity index (χ1v) is 7.94. The van der Waals surface area contributed by atoms with E-state index in [-0.39, 0.29) is 5.65 Å². The van der Waals surface area contributed by atoms with Gasteiger partial charge >= 0.3 is 0 Å². The monoisotopic (exact) mass is 291 g/mol. The lowest BCUT2D eigenvalue weighted by Crippen LogP contribution is -2.29. The van der Waals surface area contributed by atoms with E-state index in [0.29, 0.717) is 12.4 Å². The van der Waals surface area contributed by atoms with Crippen LogP contribution in [0.2, 0.25) is 0 Å². The SMILES string of the molecule is O=C(NCCCl)P(c1ccccc1)c1ccccc1. The van der Waals surface area contributed by atoms with Gasteiger partial charge in [0, 0.05) is 20.3 Å². The molecule has 4 heteroatoms. The molecule has 0 radical (unpaired) electrons. The molecule has 0 heterocycles. The molecule has 0 aromatic heterocycles. The molecule has 0 spiro atoms. The van der Waals surface area contributed by atoms with Crippen molar-refractivity contribution >= 4 is 35.8 Å². The van der Waals surface area contributed by atoms with E-state index in [1.54, 1.807) is 0 Å². The molecule has 0 aliphatic carbocycles. The Bertz CT molecular complexity index is 479. The van der Waals surface area contributed by atoms with Crippen molar-refractivity contribution in [2.45, 2.75) is 0 Å². The molecule has 19 heavy (non-hydrogen) atoms. The summed E-state index contributed by atoms with van der Waals surface area (Å²) in [5.74, 6) is 0.429. The molecule has 0 aliphatic rings. The standard InChI is InChI=1S/C15H15ClNOP/c16-11-12-17-15(18)19(13-7-3-1-4-8-13)14-9-5-2-6-10-14/h1-10H,11-12H2,(H,17,18). The van der Waals surface area contributed by atoms with E-state index in [1.165, 1.54) is 0 Å². The molecular formula is C15H15ClNOP. The van der Waals surface area contributed by atoms with Crippen LogP contribution in [0.4, 0.5) is 4.79 Å². The number of carbonyl (C=O) groups is 1. The maximum Gasteiger partial charge on any atom is 0.250 e. The number of alkyl halides is 1. The summed E-state index contributed by atoms with van der Waals surface area (Å²) >= 11 is 5.63. The molecule has 2 aromatic rings. The second-order valence-electron chi connectivity index (χ2n) is 3.93. The van der Waals surface area contributed by atoms with Crippen LogP contribution in [0, 0.1) is 0 Å². The summed E-state index contributed by atoms with van der Waals surface area (Å²) in [6.45, 7) is 0.499. The highest BCUT2D eigenvalue weighted by atomic mass is 35.5. The number of hydrogen-bond acceptors (Lipinski definition) is 1. The quantitative estimate of drug-likeness (QED) is 0.666. The molecule has 0 bridgehead atoms. The Morgan fingerprint density at radius 3 is 1.84 bits per heavy atom. The lowest BCUT2D eigenvalue weighted by molar-refractivity contribution is 0.260. The van der Waals surface area contributed by atoms with Crippen LogP contribution in [0.25, 0.3) is 0 Å². The molecule has 0 atom stereocenters. The Hall–Kier alpha value is -1.37. The molecule has 0 fully saturated rings. The van der Waals surface area contributed by atoms with E-state index in [0.717, 1.165) is 10.6 Å². The van der Waals surface area contributed by atoms with Crippen molar-refractivity contribution in [2.75, 3.05) is 12.4 Å². The van der Waals surface area contributed by atoms with Gasteiger partial charge in [0.2, 0.25) is 5.65 Å². The van der Waals surface area contributed by atoms with Crippen LogP contribution >= 0.6 is 19.5 Å². The van der Waals surface area contributed by atoms with Crippen molar-refractivity contribution in [1.82, 2.24) is 5.32 Å². The van der Waals surface area contributed by atoms with Crippen LogP contribution < -0.4 is 15.9 Å². The minimum Gasteiger partial charge on any atom is -0.351 e. The van der Waals surface area contributed by atoms with Crippen LogP contribution in [-0.2, 0) is 0 Å². The molecule has 0 unspecified atom stereocenters. The average molecular weight is 292 g/mol. The topological polar surface area (TPSA) is 29.1 Å². The zero-order chi connectivity index (χ0) is 13.5. The van der Waals surface area contributed by atoms with Gasteiger partial charge in [-0.1, -0.05) is 60.7 Å². The van der Waals surface area contributed by atoms with Gasteiger partial charge < -0.3 is 5.32 Å². The second-order valence-corrected chi connectivity index (χ2v) is 6.42. The highest BCUT2D eigenvalue weighted by molar-refractivity contribution is 7.87. The maximum absolute atomic E-state index is 12.4. The van der Waals surface area contributed by atoms with E-state index in [1.807, 2.05) is 60.7 Å². The first-order chi connectivity index (χ1) is 9.33. The van der Waals surface area contributed by atoms with Gasteiger partial charge in [0.05, 0.1) is 0 Å². The van der Waals surface area contributed by atoms with Crippen molar-refractivity contribution < 1.29 is 4.79 Å². The van der Waals surface area contributed by atoms with Crippen LogP contribution in [0.5, 0.6) is 0 Å². The number of rotatable bonds is 5. The minimum absolute atomic E-state index is 0.0491. The predicted octanol–water partition coefficient (Wildman–Crippen LogP) is 3.07. The molecule has 1 amide bonds. The van der Waals surface area contributed by atoms with E-state index in [2.05, 4.69) is 5.32 Å². The number of halogens is 1. The van der Waals surface area contributed by atoms with E-state index < -0.39 is 7.92 Å². The highest BCUT2D eigenvalue weighted by Crippen LogP contribution is 2.33. The third-order valence-corrected chi connectivity index (χ3v) is 4.98. The van der Waals surface area contributed by atoms with Crippen LogP contribution in [0.3, 0.4) is 0 Å². The largest absolute Gasteiger partial charge is 0.351 e. The van der Waals surface area contributed by atoms with Crippen molar-refractivity contribution in [1.29, 1.82) is 0 Å². The number of amides is 1. The van der Waals surface area contributed by atoms with E-state index in [4.69, 9.17) is 11.6 Å². The van der Waals surface area contributed by atoms with Crippen molar-refractivity contribution in [3.63, 3.8) is 0 Å². The Morgan fingerprint density at radius 1 is 0.947 bits per heavy atom. The highest BCUT2D eigenvalue weighted by Gasteiger charge is 2.21. The summed E-state index contributed by atoms with van der Waals surface area (Å²) in [5.41, 5.74) is 0.0491. The fourth-order valence-electron chi connectivity index (χ4n) is 1.77. The normalized spacial score (nSPS) is 10.4. The summed E-state index contributed by atoms with van der Waals surface area (Å²) in [5, 5.41) is 4.99. The molecule has 0 saturated carbocycles. The van der Waals surface area contributed by atoms with Gasteiger partial charge in [-0.25, -0.2) is 0 Å². The van der Waals surface area contributed by atoms with Crippen LogP contribution in [0.15, 0.2) is 60.7 Å². The summed E-state index contributed by atoms with van der Waals surface area (Å²) in [6, 6.07) is 19.8. The maximum atomic E-state index is 12.4. The van der Waals surface area contributed by atoms with Crippen LogP contribution in [0.1, 0.15) is 0 Å². The Kier molecular flexibility index (Phi) is 5.38. The van der Waals surface area contributed by atoms with Gasteiger partial charge in [0.25, 0.3) is 0 Å². The fourth-order valence-corrected chi connectivity index (χ4v) is 3.84. The molecule has 0 saturated heterocycles. The van der Waals surface area contributed by atoms with Gasteiger partial charge in [-0.05, 0) is 10.6 Å². The summed E-state index contributed by atoms with van der Waals surface area (Å²) in [7, 11) is -1.03. The first kappa shape index (κ1) is 14.0. The molecule has 98 valence electrons. The number of benzene rings is 2. The van der Waals surface area contributed by atoms with Crippen molar-refractivity contribution in [3.05, 3.63) is 60.7 Å². The smallest absolute Gasteiger partial charge is 0.250 e. The third-order valence-electron chi connectivity index (χ3n) is 2.60. The predicted molar refractivity (Wildman–Crippen MR) is 83.2 cm³/mol. The zero-order valence-corrected chi connectivity index (χ0v) is 12.1. The minimum atomic E-state index is -1.03. The van der Waals surface area contributed by atoms with Crippen molar-refractivity contribution in [3.8, 4) is 0 Å². The average Bonchev–Trinajstić information content (AvgIpc) is 2.47. The molecular weight excluding hydrogens is 277 g/mol. The van der Waals surface area contributed by atoms with Crippen molar-refractivity contribution in [2.24, 2.45) is 0 Å². The molecule has 1 N–H and O–H groups in total. The Morgan fingerprint density at radius 2 is 1.42 bits per heavy atom. The van der Waals surface area contributed by atoms with Gasteiger partial charge in [-0.2, -0.15) is 0 Å². The molecule has 2 nitrogen and oxygen atoms in total. The zero-order valence-electron chi connectivity index (χ0n) is 10.4. The molecule has 0 aliphatic heterocycles. The molecule has 2 rings (SSSR count). The van der Waals surface area contributed by atoms with E-state index in [9.17, 15) is 4.79 Å². The second kappa shape index (κ2) is 7.28. The summed E-state index contributed by atoms with van der Waals surface area (Å²) in [6.07, 6.45) is 0. The number of carbonyl (C=O) groups excluding carboxylic acids is 1. The van der Waals surface area contributed by atoms with Gasteiger partial charge in [-0.3, -0.25) is 4.79 Å². The number of hydrogen-bond donors (Lipinski definition) is 1. The van der Waals surface area contributed by atoms with Crippen LogP contribution in [-0.4, -0.2) is 18.1 Å². The number of nitrogens with one attached hydrogen (secondary N) is 1. The lowest BCUT2D eigenvalue weighted by atomic mass is 10.4. The van der Waals surface area contributed by atoms with Gasteiger partial charge in [0.15, 0.2) is 0 Å². The summed E-state index contributed by atoms with van der Waals surface area (Å²) in [4.78, 5) is 12.4. The first-order valence-electron chi connectivity index (χ1n) is 6.07.